The Morgan fingerprint density at radius 1 is 1.15 bits per heavy atom. The van der Waals surface area contributed by atoms with E-state index in [2.05, 4.69) is 39.5 Å². The number of hydrogen-bond donors (Lipinski definition) is 1. The smallest absolute Gasteiger partial charge is 0.193 e. The zero-order valence-corrected chi connectivity index (χ0v) is 16.4. The molecule has 0 spiro atoms. The SMILES string of the molecule is CN=C(NCc1cccc(COC)c1)N1CCC(OCCCOC)CC1. The first-order valence-electron chi connectivity index (χ1n) is 9.39. The zero-order chi connectivity index (χ0) is 18.6. The van der Waals surface area contributed by atoms with Crippen LogP contribution >= 0.6 is 0 Å². The maximum absolute atomic E-state index is 5.93. The summed E-state index contributed by atoms with van der Waals surface area (Å²) in [4.78, 5) is 6.76. The van der Waals surface area contributed by atoms with Gasteiger partial charge in [0.1, 0.15) is 0 Å². The molecule has 6 heteroatoms. The minimum atomic E-state index is 0.354. The summed E-state index contributed by atoms with van der Waals surface area (Å²) >= 11 is 0. The second kappa shape index (κ2) is 11.9. The molecule has 0 amide bonds. The normalized spacial score (nSPS) is 16.1. The molecule has 0 aliphatic carbocycles. The average molecular weight is 364 g/mol. The quantitative estimate of drug-likeness (QED) is 0.415. The van der Waals surface area contributed by atoms with Gasteiger partial charge in [0.05, 0.1) is 12.7 Å². The lowest BCUT2D eigenvalue weighted by Crippen LogP contribution is -2.46. The molecule has 0 aromatic heterocycles. The van der Waals surface area contributed by atoms with Crippen molar-refractivity contribution in [3.63, 3.8) is 0 Å². The van der Waals surface area contributed by atoms with Crippen molar-refractivity contribution >= 4 is 5.96 Å². The molecule has 1 aliphatic heterocycles. The first-order valence-corrected chi connectivity index (χ1v) is 9.39. The number of guanidine groups is 1. The van der Waals surface area contributed by atoms with Crippen molar-refractivity contribution in [3.05, 3.63) is 35.4 Å². The number of likely N-dealkylation sites (tertiary alicyclic amines) is 1. The van der Waals surface area contributed by atoms with E-state index in [1.807, 2.05) is 7.05 Å². The molecule has 1 aromatic carbocycles. The van der Waals surface area contributed by atoms with Gasteiger partial charge in [-0.15, -0.1) is 0 Å². The Morgan fingerprint density at radius 3 is 2.62 bits per heavy atom. The van der Waals surface area contributed by atoms with Gasteiger partial charge in [-0.25, -0.2) is 0 Å². The van der Waals surface area contributed by atoms with Crippen molar-refractivity contribution in [2.45, 2.75) is 38.5 Å². The molecular weight excluding hydrogens is 330 g/mol. The molecule has 0 saturated carbocycles. The molecule has 1 aromatic rings. The molecule has 1 fully saturated rings. The Hall–Kier alpha value is -1.63. The predicted molar refractivity (Wildman–Crippen MR) is 104 cm³/mol. The summed E-state index contributed by atoms with van der Waals surface area (Å²) in [5.74, 6) is 0.958. The van der Waals surface area contributed by atoms with E-state index in [0.717, 1.165) is 58.1 Å². The summed E-state index contributed by atoms with van der Waals surface area (Å²) in [7, 11) is 5.29. The predicted octanol–water partition coefficient (Wildman–Crippen LogP) is 2.43. The molecule has 2 rings (SSSR count). The van der Waals surface area contributed by atoms with Crippen molar-refractivity contribution in [1.29, 1.82) is 0 Å². The average Bonchev–Trinajstić information content (AvgIpc) is 2.67. The Bertz CT molecular complexity index is 543. The summed E-state index contributed by atoms with van der Waals surface area (Å²) in [5, 5.41) is 3.48. The maximum atomic E-state index is 5.93. The van der Waals surface area contributed by atoms with Crippen LogP contribution in [0.3, 0.4) is 0 Å². The van der Waals surface area contributed by atoms with Gasteiger partial charge in [-0.1, -0.05) is 24.3 Å². The van der Waals surface area contributed by atoms with Gasteiger partial charge in [0.2, 0.25) is 0 Å². The lowest BCUT2D eigenvalue weighted by molar-refractivity contribution is 0.00989. The van der Waals surface area contributed by atoms with Crippen LogP contribution in [0.1, 0.15) is 30.4 Å². The summed E-state index contributed by atoms with van der Waals surface area (Å²) in [6.45, 7) is 4.89. The third kappa shape index (κ3) is 6.94. The van der Waals surface area contributed by atoms with E-state index in [-0.39, 0.29) is 0 Å². The van der Waals surface area contributed by atoms with Gasteiger partial charge in [0, 0.05) is 54.1 Å². The molecule has 1 aliphatic rings. The number of aliphatic imine (C=N–C) groups is 1. The number of benzene rings is 1. The summed E-state index contributed by atoms with van der Waals surface area (Å²) in [6, 6.07) is 8.45. The first kappa shape index (κ1) is 20.7. The van der Waals surface area contributed by atoms with Crippen LogP contribution in [0.2, 0.25) is 0 Å². The van der Waals surface area contributed by atoms with Gasteiger partial charge in [0.25, 0.3) is 0 Å². The van der Waals surface area contributed by atoms with Crippen molar-refractivity contribution in [1.82, 2.24) is 10.2 Å². The minimum absolute atomic E-state index is 0.354. The number of nitrogens with one attached hydrogen (secondary N) is 1. The highest BCUT2D eigenvalue weighted by molar-refractivity contribution is 5.79. The highest BCUT2D eigenvalue weighted by Crippen LogP contribution is 2.14. The molecule has 6 nitrogen and oxygen atoms in total. The molecular formula is C20H33N3O3. The fourth-order valence-corrected chi connectivity index (χ4v) is 3.20. The monoisotopic (exact) mass is 363 g/mol. The van der Waals surface area contributed by atoms with Crippen LogP contribution in [0.4, 0.5) is 0 Å². The first-order chi connectivity index (χ1) is 12.8. The third-order valence-electron chi connectivity index (χ3n) is 4.55. The van der Waals surface area contributed by atoms with Crippen molar-refractivity contribution in [2.75, 3.05) is 47.6 Å². The van der Waals surface area contributed by atoms with Crippen LogP contribution in [0.25, 0.3) is 0 Å². The highest BCUT2D eigenvalue weighted by atomic mass is 16.5. The molecule has 1 saturated heterocycles. The Morgan fingerprint density at radius 2 is 1.92 bits per heavy atom. The Kier molecular flexibility index (Phi) is 9.45. The number of methoxy groups -OCH3 is 2. The number of hydrogen-bond acceptors (Lipinski definition) is 4. The largest absolute Gasteiger partial charge is 0.385 e. The van der Waals surface area contributed by atoms with Crippen molar-refractivity contribution in [2.24, 2.45) is 4.99 Å². The van der Waals surface area contributed by atoms with Crippen LogP contribution in [0.15, 0.2) is 29.3 Å². The topological polar surface area (TPSA) is 55.3 Å². The van der Waals surface area contributed by atoms with E-state index in [1.54, 1.807) is 14.2 Å². The minimum Gasteiger partial charge on any atom is -0.385 e. The Balaban J connectivity index is 1.75. The van der Waals surface area contributed by atoms with Crippen LogP contribution in [-0.2, 0) is 27.4 Å². The van der Waals surface area contributed by atoms with Gasteiger partial charge in [-0.3, -0.25) is 4.99 Å². The van der Waals surface area contributed by atoms with Gasteiger partial charge in [-0.05, 0) is 30.4 Å². The van der Waals surface area contributed by atoms with E-state index in [4.69, 9.17) is 14.2 Å². The summed E-state index contributed by atoms with van der Waals surface area (Å²) in [5.41, 5.74) is 2.42. The third-order valence-corrected chi connectivity index (χ3v) is 4.55. The van der Waals surface area contributed by atoms with Crippen molar-refractivity contribution in [3.8, 4) is 0 Å². The standard InChI is InChI=1S/C20H33N3O3/c1-21-20(22-15-17-6-4-7-18(14-17)16-25-3)23-10-8-19(9-11-23)26-13-5-12-24-2/h4,6-7,14,19H,5,8-13,15-16H2,1-3H3,(H,21,22). The number of rotatable bonds is 9. The Labute approximate surface area is 157 Å². The molecule has 1 heterocycles. The zero-order valence-electron chi connectivity index (χ0n) is 16.4. The highest BCUT2D eigenvalue weighted by Gasteiger charge is 2.21. The number of ether oxygens (including phenoxy) is 3. The molecule has 1 N–H and O–H groups in total. The fraction of sp³-hybridized carbons (Fsp3) is 0.650. The second-order valence-electron chi connectivity index (χ2n) is 6.56. The number of nitrogens with zero attached hydrogens (tertiary/aromatic N) is 2. The molecule has 0 bridgehead atoms. The lowest BCUT2D eigenvalue weighted by atomic mass is 10.1. The van der Waals surface area contributed by atoms with Crippen LogP contribution in [0, 0.1) is 0 Å². The molecule has 146 valence electrons. The molecule has 0 radical (unpaired) electrons. The van der Waals surface area contributed by atoms with E-state index in [9.17, 15) is 0 Å². The van der Waals surface area contributed by atoms with Gasteiger partial charge in [-0.2, -0.15) is 0 Å². The molecule has 0 atom stereocenters. The van der Waals surface area contributed by atoms with Gasteiger partial charge >= 0.3 is 0 Å². The van der Waals surface area contributed by atoms with Crippen LogP contribution in [0.5, 0.6) is 0 Å². The summed E-state index contributed by atoms with van der Waals surface area (Å²) < 4.78 is 16.2. The van der Waals surface area contributed by atoms with Crippen molar-refractivity contribution < 1.29 is 14.2 Å². The maximum Gasteiger partial charge on any atom is 0.193 e. The molecule has 26 heavy (non-hydrogen) atoms. The lowest BCUT2D eigenvalue weighted by Gasteiger charge is -2.34. The van der Waals surface area contributed by atoms with E-state index < -0.39 is 0 Å². The fourth-order valence-electron chi connectivity index (χ4n) is 3.20. The molecule has 0 unspecified atom stereocenters. The van der Waals surface area contributed by atoms with Gasteiger partial charge in [0.15, 0.2) is 5.96 Å². The van der Waals surface area contributed by atoms with E-state index in [0.29, 0.717) is 12.7 Å². The van der Waals surface area contributed by atoms with E-state index in [1.165, 1.54) is 11.1 Å². The second-order valence-corrected chi connectivity index (χ2v) is 6.56. The van der Waals surface area contributed by atoms with Gasteiger partial charge < -0.3 is 24.4 Å². The number of piperidine rings is 1. The van der Waals surface area contributed by atoms with Crippen LogP contribution < -0.4 is 5.32 Å². The van der Waals surface area contributed by atoms with Crippen LogP contribution in [-0.4, -0.2) is 64.5 Å². The van der Waals surface area contributed by atoms with E-state index >= 15 is 0 Å². The summed E-state index contributed by atoms with van der Waals surface area (Å²) in [6.07, 6.45) is 3.39.